The van der Waals surface area contributed by atoms with Crippen molar-refractivity contribution in [3.63, 3.8) is 0 Å². The van der Waals surface area contributed by atoms with Crippen LogP contribution in [0.4, 0.5) is 17.6 Å². The molecule has 1 rings (SSSR count). The van der Waals surface area contributed by atoms with E-state index in [9.17, 15) is 22.4 Å². The second-order valence-corrected chi connectivity index (χ2v) is 4.33. The fourth-order valence-corrected chi connectivity index (χ4v) is 1.30. The van der Waals surface area contributed by atoms with Crippen LogP contribution in [0.5, 0.6) is 0 Å². The van der Waals surface area contributed by atoms with E-state index in [4.69, 9.17) is 5.11 Å². The number of carbonyl (C=O) groups is 1. The maximum atomic E-state index is 13.3. The van der Waals surface area contributed by atoms with Crippen molar-refractivity contribution in [2.24, 2.45) is 5.41 Å². The Hall–Kier alpha value is -1.59. The molecular weight excluding hydrogens is 240 g/mol. The normalized spacial score (nSPS) is 11.6. The van der Waals surface area contributed by atoms with E-state index in [0.29, 0.717) is 6.07 Å². The summed E-state index contributed by atoms with van der Waals surface area (Å²) in [5.74, 6) is -8.18. The third-order valence-electron chi connectivity index (χ3n) is 2.39. The number of halogens is 4. The third-order valence-corrected chi connectivity index (χ3v) is 2.39. The summed E-state index contributed by atoms with van der Waals surface area (Å²) >= 11 is 0. The van der Waals surface area contributed by atoms with Gasteiger partial charge in [0.05, 0.1) is 5.41 Å². The van der Waals surface area contributed by atoms with Crippen LogP contribution in [0.2, 0.25) is 0 Å². The van der Waals surface area contributed by atoms with Crippen LogP contribution in [0.15, 0.2) is 6.07 Å². The summed E-state index contributed by atoms with van der Waals surface area (Å²) in [7, 11) is 0. The summed E-state index contributed by atoms with van der Waals surface area (Å²) in [5, 5.41) is 8.80. The van der Waals surface area contributed by atoms with Crippen LogP contribution in [-0.2, 0) is 11.2 Å². The Labute approximate surface area is 94.9 Å². The second kappa shape index (κ2) is 4.35. The third kappa shape index (κ3) is 2.57. The Morgan fingerprint density at radius 2 is 1.71 bits per heavy atom. The van der Waals surface area contributed by atoms with E-state index in [1.165, 1.54) is 13.8 Å². The highest BCUT2D eigenvalue weighted by Crippen LogP contribution is 2.26. The fraction of sp³-hybridized carbons (Fsp3) is 0.364. The molecule has 0 atom stereocenters. The van der Waals surface area contributed by atoms with Crippen LogP contribution < -0.4 is 0 Å². The number of rotatable bonds is 3. The summed E-state index contributed by atoms with van der Waals surface area (Å²) in [5.41, 5.74) is -1.91. The zero-order valence-electron chi connectivity index (χ0n) is 9.15. The molecule has 0 aromatic heterocycles. The van der Waals surface area contributed by atoms with E-state index in [1.807, 2.05) is 0 Å². The van der Waals surface area contributed by atoms with Gasteiger partial charge in [-0.3, -0.25) is 4.79 Å². The van der Waals surface area contributed by atoms with Gasteiger partial charge in [0.1, 0.15) is 0 Å². The smallest absolute Gasteiger partial charge is 0.309 e. The van der Waals surface area contributed by atoms with Crippen molar-refractivity contribution in [3.05, 3.63) is 34.9 Å². The highest BCUT2D eigenvalue weighted by atomic mass is 19.2. The molecule has 0 radical (unpaired) electrons. The van der Waals surface area contributed by atoms with Crippen molar-refractivity contribution in [3.8, 4) is 0 Å². The van der Waals surface area contributed by atoms with E-state index in [2.05, 4.69) is 0 Å². The summed E-state index contributed by atoms with van der Waals surface area (Å²) in [4.78, 5) is 10.8. The largest absolute Gasteiger partial charge is 0.481 e. The monoisotopic (exact) mass is 250 g/mol. The number of hydrogen-bond acceptors (Lipinski definition) is 1. The number of benzene rings is 1. The molecule has 0 amide bonds. The van der Waals surface area contributed by atoms with Crippen molar-refractivity contribution in [2.75, 3.05) is 0 Å². The maximum Gasteiger partial charge on any atom is 0.309 e. The van der Waals surface area contributed by atoms with Crippen molar-refractivity contribution in [2.45, 2.75) is 20.3 Å². The Morgan fingerprint density at radius 1 is 1.18 bits per heavy atom. The Kier molecular flexibility index (Phi) is 3.45. The Bertz CT molecular complexity index is 469. The number of carboxylic acids is 1. The van der Waals surface area contributed by atoms with Gasteiger partial charge < -0.3 is 5.11 Å². The Balaban J connectivity index is 3.21. The van der Waals surface area contributed by atoms with Crippen LogP contribution in [0, 0.1) is 28.7 Å². The predicted molar refractivity (Wildman–Crippen MR) is 51.4 cm³/mol. The van der Waals surface area contributed by atoms with Gasteiger partial charge in [0.25, 0.3) is 0 Å². The SMILES string of the molecule is CC(C)(Cc1cc(F)c(F)c(F)c1F)C(=O)O. The van der Waals surface area contributed by atoms with Crippen molar-refractivity contribution in [1.29, 1.82) is 0 Å². The van der Waals surface area contributed by atoms with Gasteiger partial charge in [0.2, 0.25) is 0 Å². The van der Waals surface area contributed by atoms with E-state index in [-0.39, 0.29) is 0 Å². The maximum absolute atomic E-state index is 13.3. The minimum absolute atomic E-state index is 0.442. The molecule has 0 heterocycles. The molecule has 0 unspecified atom stereocenters. The topological polar surface area (TPSA) is 37.3 Å². The quantitative estimate of drug-likeness (QED) is 0.508. The molecule has 94 valence electrons. The van der Waals surface area contributed by atoms with Gasteiger partial charge in [-0.2, -0.15) is 0 Å². The van der Waals surface area contributed by atoms with Gasteiger partial charge in [-0.1, -0.05) is 0 Å². The highest BCUT2D eigenvalue weighted by Gasteiger charge is 2.30. The minimum Gasteiger partial charge on any atom is -0.481 e. The minimum atomic E-state index is -1.93. The fourth-order valence-electron chi connectivity index (χ4n) is 1.30. The first-order valence-electron chi connectivity index (χ1n) is 4.72. The van der Waals surface area contributed by atoms with Crippen molar-refractivity contribution >= 4 is 5.97 Å². The lowest BCUT2D eigenvalue weighted by Crippen LogP contribution is -2.27. The van der Waals surface area contributed by atoms with Crippen molar-refractivity contribution in [1.82, 2.24) is 0 Å². The van der Waals surface area contributed by atoms with Crippen LogP contribution >= 0.6 is 0 Å². The molecule has 1 N–H and O–H groups in total. The molecule has 2 nitrogen and oxygen atoms in total. The summed E-state index contributed by atoms with van der Waals surface area (Å²) < 4.78 is 51.7. The molecule has 0 saturated heterocycles. The zero-order chi connectivity index (χ0) is 13.4. The molecule has 0 fully saturated rings. The van der Waals surface area contributed by atoms with E-state index < -0.39 is 46.6 Å². The average molecular weight is 250 g/mol. The van der Waals surface area contributed by atoms with Gasteiger partial charge in [0, 0.05) is 0 Å². The van der Waals surface area contributed by atoms with E-state index in [0.717, 1.165) is 0 Å². The van der Waals surface area contributed by atoms with Gasteiger partial charge in [-0.15, -0.1) is 0 Å². The lowest BCUT2D eigenvalue weighted by atomic mass is 9.85. The van der Waals surface area contributed by atoms with E-state index >= 15 is 0 Å². The average Bonchev–Trinajstić information content (AvgIpc) is 2.22. The molecule has 0 spiro atoms. The number of aliphatic carboxylic acids is 1. The lowest BCUT2D eigenvalue weighted by molar-refractivity contribution is -0.146. The molecule has 0 bridgehead atoms. The standard InChI is InChI=1S/C11H10F4O2/c1-11(2,10(16)17)4-5-3-6(12)8(14)9(15)7(5)13/h3H,4H2,1-2H3,(H,16,17). The van der Waals surface area contributed by atoms with Crippen molar-refractivity contribution < 1.29 is 27.5 Å². The van der Waals surface area contributed by atoms with Crippen LogP contribution in [0.3, 0.4) is 0 Å². The molecule has 0 aliphatic carbocycles. The molecule has 17 heavy (non-hydrogen) atoms. The van der Waals surface area contributed by atoms with Crippen LogP contribution in [0.1, 0.15) is 19.4 Å². The predicted octanol–water partition coefficient (Wildman–Crippen LogP) is 2.90. The summed E-state index contributed by atoms with van der Waals surface area (Å²) in [6.45, 7) is 2.54. The molecule has 0 saturated carbocycles. The molecular formula is C11H10F4O2. The molecule has 0 aliphatic rings. The summed E-state index contributed by atoms with van der Waals surface area (Å²) in [6, 6.07) is 0.471. The lowest BCUT2D eigenvalue weighted by Gasteiger charge is -2.19. The van der Waals surface area contributed by atoms with Gasteiger partial charge >= 0.3 is 5.97 Å². The Morgan fingerprint density at radius 3 is 2.18 bits per heavy atom. The first-order valence-corrected chi connectivity index (χ1v) is 4.72. The molecule has 0 aliphatic heterocycles. The molecule has 1 aromatic rings. The highest BCUT2D eigenvalue weighted by molar-refractivity contribution is 5.74. The van der Waals surface area contributed by atoms with Gasteiger partial charge in [0.15, 0.2) is 23.3 Å². The van der Waals surface area contributed by atoms with Gasteiger partial charge in [-0.25, -0.2) is 17.6 Å². The summed E-state index contributed by atoms with van der Waals surface area (Å²) in [6.07, 6.45) is -0.442. The van der Waals surface area contributed by atoms with Crippen LogP contribution in [-0.4, -0.2) is 11.1 Å². The second-order valence-electron chi connectivity index (χ2n) is 4.33. The number of hydrogen-bond donors (Lipinski definition) is 1. The zero-order valence-corrected chi connectivity index (χ0v) is 9.15. The number of carboxylic acid groups (broad SMARTS) is 1. The van der Waals surface area contributed by atoms with E-state index in [1.54, 1.807) is 0 Å². The van der Waals surface area contributed by atoms with Crippen LogP contribution in [0.25, 0.3) is 0 Å². The molecule has 1 aromatic carbocycles. The first kappa shape index (κ1) is 13.5. The first-order chi connectivity index (χ1) is 7.66. The molecule has 6 heteroatoms. The van der Waals surface area contributed by atoms with Gasteiger partial charge in [-0.05, 0) is 31.9 Å².